The number of rotatable bonds is 8. The standard InChI is InChI=1S/C22H25N7O2.2BrH/c1-17-5-4-6-18(15-17)16-24-28-20-25-21(29-10-13-30-14-11-29)27-22(26-20)31-12-8-19-7-2-3-9-23-19;;/h2-7,9,15-16H,8,10-14H2,1H3,(H,25,26,27,28);2*1H/p-2/b24-16+;;. The molecular weight excluding hydrogens is 554 g/mol. The van der Waals surface area contributed by atoms with E-state index in [1.54, 1.807) is 12.4 Å². The first kappa shape index (κ1) is 26.6. The van der Waals surface area contributed by atoms with Crippen LogP contribution < -0.4 is 49.0 Å². The summed E-state index contributed by atoms with van der Waals surface area (Å²) in [6, 6.07) is 14.1. The summed E-state index contributed by atoms with van der Waals surface area (Å²) in [4.78, 5) is 19.7. The second-order valence-corrected chi connectivity index (χ2v) is 7.04. The molecule has 176 valence electrons. The molecule has 1 aliphatic heterocycles. The number of morpholine rings is 1. The smallest absolute Gasteiger partial charge is 0.323 e. The van der Waals surface area contributed by atoms with Crippen molar-refractivity contribution in [3.63, 3.8) is 0 Å². The molecule has 0 aliphatic carbocycles. The van der Waals surface area contributed by atoms with Gasteiger partial charge in [0.1, 0.15) is 0 Å². The second kappa shape index (κ2) is 13.8. The number of anilines is 2. The van der Waals surface area contributed by atoms with Crippen LogP contribution in [-0.4, -0.2) is 59.1 Å². The Kier molecular flexibility index (Phi) is 11.1. The molecular formula is C22H25Br2N7O2-2. The summed E-state index contributed by atoms with van der Waals surface area (Å²) in [6.07, 6.45) is 4.16. The number of pyridine rings is 1. The number of hydrazone groups is 1. The third kappa shape index (κ3) is 8.34. The Hall–Kier alpha value is -2.63. The molecule has 0 saturated carbocycles. The third-order valence-corrected chi connectivity index (χ3v) is 4.63. The molecule has 11 heteroatoms. The van der Waals surface area contributed by atoms with Crippen molar-refractivity contribution >= 4 is 18.1 Å². The van der Waals surface area contributed by atoms with Gasteiger partial charge in [-0.15, -0.1) is 0 Å². The van der Waals surface area contributed by atoms with Crippen LogP contribution in [0.4, 0.5) is 11.9 Å². The SMILES string of the molecule is Cc1cccc(/C=N/Nc2nc(OCCc3ccccn3)nc(N3CCOCC3)n2)c1.[Br-].[Br-]. The molecule has 3 aromatic rings. The van der Waals surface area contributed by atoms with Gasteiger partial charge in [0.05, 0.1) is 26.0 Å². The first-order chi connectivity index (χ1) is 15.3. The first-order valence-electron chi connectivity index (χ1n) is 10.2. The number of aryl methyl sites for hydroxylation is 1. The minimum Gasteiger partial charge on any atom is -1.00 e. The Morgan fingerprint density at radius 3 is 2.70 bits per heavy atom. The molecule has 33 heavy (non-hydrogen) atoms. The van der Waals surface area contributed by atoms with E-state index in [-0.39, 0.29) is 40.0 Å². The molecule has 0 atom stereocenters. The molecule has 1 saturated heterocycles. The second-order valence-electron chi connectivity index (χ2n) is 7.04. The van der Waals surface area contributed by atoms with Crippen molar-refractivity contribution in [3.8, 4) is 6.01 Å². The number of halogens is 2. The molecule has 2 aromatic heterocycles. The van der Waals surface area contributed by atoms with Crippen LogP contribution in [0, 0.1) is 6.92 Å². The number of nitrogens with one attached hydrogen (secondary N) is 1. The van der Waals surface area contributed by atoms with Crippen molar-refractivity contribution in [1.82, 2.24) is 19.9 Å². The van der Waals surface area contributed by atoms with Crippen LogP contribution in [0.1, 0.15) is 16.8 Å². The van der Waals surface area contributed by atoms with Crippen molar-refractivity contribution in [1.29, 1.82) is 0 Å². The zero-order chi connectivity index (χ0) is 21.3. The van der Waals surface area contributed by atoms with Crippen LogP contribution in [0.5, 0.6) is 6.01 Å². The topological polar surface area (TPSA) is 97.7 Å². The van der Waals surface area contributed by atoms with Crippen LogP contribution in [0.15, 0.2) is 53.8 Å². The fourth-order valence-corrected chi connectivity index (χ4v) is 3.07. The van der Waals surface area contributed by atoms with Gasteiger partial charge >= 0.3 is 6.01 Å². The average Bonchev–Trinajstić information content (AvgIpc) is 2.80. The summed E-state index contributed by atoms with van der Waals surface area (Å²) < 4.78 is 11.2. The summed E-state index contributed by atoms with van der Waals surface area (Å²) >= 11 is 0. The lowest BCUT2D eigenvalue weighted by atomic mass is 10.2. The van der Waals surface area contributed by atoms with Gasteiger partial charge in [0.15, 0.2) is 0 Å². The number of hydrogen-bond donors (Lipinski definition) is 1. The Morgan fingerprint density at radius 2 is 1.94 bits per heavy atom. The quantitative estimate of drug-likeness (QED) is 0.217. The van der Waals surface area contributed by atoms with E-state index in [4.69, 9.17) is 9.47 Å². The highest BCUT2D eigenvalue weighted by Crippen LogP contribution is 2.16. The van der Waals surface area contributed by atoms with Gasteiger partial charge in [-0.1, -0.05) is 35.9 Å². The molecule has 0 amide bonds. The van der Waals surface area contributed by atoms with E-state index in [2.05, 4.69) is 30.5 Å². The summed E-state index contributed by atoms with van der Waals surface area (Å²) in [5.74, 6) is 0.868. The average molecular weight is 579 g/mol. The number of hydrogen-bond acceptors (Lipinski definition) is 9. The fourth-order valence-electron chi connectivity index (χ4n) is 3.07. The van der Waals surface area contributed by atoms with Gasteiger partial charge in [-0.25, -0.2) is 5.43 Å². The fraction of sp³-hybridized carbons (Fsp3) is 0.318. The van der Waals surface area contributed by atoms with E-state index >= 15 is 0 Å². The van der Waals surface area contributed by atoms with E-state index < -0.39 is 0 Å². The van der Waals surface area contributed by atoms with Gasteiger partial charge in [-0.2, -0.15) is 20.1 Å². The van der Waals surface area contributed by atoms with Gasteiger partial charge in [0.25, 0.3) is 5.95 Å². The number of ether oxygens (including phenoxy) is 2. The molecule has 3 heterocycles. The number of benzene rings is 1. The van der Waals surface area contributed by atoms with Crippen LogP contribution >= 0.6 is 0 Å². The summed E-state index contributed by atoms with van der Waals surface area (Å²) in [5.41, 5.74) is 6.00. The summed E-state index contributed by atoms with van der Waals surface area (Å²) in [7, 11) is 0. The number of nitrogens with zero attached hydrogens (tertiary/aromatic N) is 6. The zero-order valence-electron chi connectivity index (χ0n) is 18.2. The maximum Gasteiger partial charge on any atom is 0.323 e. The molecule has 1 fully saturated rings. The minimum atomic E-state index is 0. The highest BCUT2D eigenvalue weighted by atomic mass is 79.9. The molecule has 1 aromatic carbocycles. The van der Waals surface area contributed by atoms with Gasteiger partial charge in [-0.3, -0.25) is 4.98 Å². The maximum absolute atomic E-state index is 5.81. The maximum atomic E-state index is 5.81. The van der Waals surface area contributed by atoms with Crippen LogP contribution in [0.3, 0.4) is 0 Å². The normalized spacial score (nSPS) is 13.2. The molecule has 0 radical (unpaired) electrons. The monoisotopic (exact) mass is 577 g/mol. The predicted octanol–water partition coefficient (Wildman–Crippen LogP) is -3.51. The molecule has 0 spiro atoms. The molecule has 1 N–H and O–H groups in total. The highest BCUT2D eigenvalue weighted by molar-refractivity contribution is 5.80. The van der Waals surface area contributed by atoms with Crippen LogP contribution in [0.2, 0.25) is 0 Å². The Morgan fingerprint density at radius 1 is 1.09 bits per heavy atom. The molecule has 0 unspecified atom stereocenters. The molecule has 4 rings (SSSR count). The lowest BCUT2D eigenvalue weighted by Crippen LogP contribution is -3.00. The number of aromatic nitrogens is 4. The van der Waals surface area contributed by atoms with E-state index in [0.29, 0.717) is 51.2 Å². The van der Waals surface area contributed by atoms with Crippen molar-refractivity contribution in [2.75, 3.05) is 43.2 Å². The van der Waals surface area contributed by atoms with Gasteiger partial charge in [0.2, 0.25) is 5.95 Å². The van der Waals surface area contributed by atoms with E-state index in [9.17, 15) is 0 Å². The largest absolute Gasteiger partial charge is 1.00 e. The molecule has 9 nitrogen and oxygen atoms in total. The highest BCUT2D eigenvalue weighted by Gasteiger charge is 2.17. The van der Waals surface area contributed by atoms with Crippen LogP contribution in [0.25, 0.3) is 0 Å². The van der Waals surface area contributed by atoms with Crippen molar-refractivity contribution < 1.29 is 43.4 Å². The van der Waals surface area contributed by atoms with Gasteiger partial charge in [0, 0.05) is 31.4 Å². The van der Waals surface area contributed by atoms with Crippen molar-refractivity contribution in [3.05, 3.63) is 65.5 Å². The van der Waals surface area contributed by atoms with Crippen molar-refractivity contribution in [2.24, 2.45) is 5.10 Å². The summed E-state index contributed by atoms with van der Waals surface area (Å²) in [6.45, 7) is 5.15. The van der Waals surface area contributed by atoms with Gasteiger partial charge < -0.3 is 48.3 Å². The Bertz CT molecular complexity index is 1020. The first-order valence-corrected chi connectivity index (χ1v) is 10.2. The zero-order valence-corrected chi connectivity index (χ0v) is 21.4. The summed E-state index contributed by atoms with van der Waals surface area (Å²) in [5, 5.41) is 4.27. The van der Waals surface area contributed by atoms with E-state index in [1.807, 2.05) is 54.3 Å². The van der Waals surface area contributed by atoms with Gasteiger partial charge in [-0.05, 0) is 24.6 Å². The van der Waals surface area contributed by atoms with Crippen LogP contribution in [-0.2, 0) is 11.2 Å². The van der Waals surface area contributed by atoms with E-state index in [1.165, 1.54) is 5.56 Å². The Labute approximate surface area is 214 Å². The van der Waals surface area contributed by atoms with Crippen molar-refractivity contribution in [2.45, 2.75) is 13.3 Å². The molecule has 1 aliphatic rings. The molecule has 0 bridgehead atoms. The Balaban J connectivity index is 0.00000193. The lowest BCUT2D eigenvalue weighted by Gasteiger charge is -2.26. The predicted molar refractivity (Wildman–Crippen MR) is 119 cm³/mol. The minimum absolute atomic E-state index is 0. The third-order valence-electron chi connectivity index (χ3n) is 4.63. The lowest BCUT2D eigenvalue weighted by molar-refractivity contribution is -0.00100. The van der Waals surface area contributed by atoms with E-state index in [0.717, 1.165) is 11.3 Å².